The maximum absolute atomic E-state index is 12.9. The molecule has 0 radical (unpaired) electrons. The van der Waals surface area contributed by atoms with Crippen LogP contribution in [-0.4, -0.2) is 48.8 Å². The molecule has 2 fully saturated rings. The van der Waals surface area contributed by atoms with Crippen LogP contribution in [0.1, 0.15) is 25.3 Å². The summed E-state index contributed by atoms with van der Waals surface area (Å²) in [4.78, 5) is 15.5. The summed E-state index contributed by atoms with van der Waals surface area (Å²) in [6, 6.07) is 8.91. The molecule has 1 aromatic rings. The Labute approximate surface area is 154 Å². The molecule has 0 unspecified atom stereocenters. The van der Waals surface area contributed by atoms with Crippen molar-refractivity contribution in [2.24, 2.45) is 17.8 Å². The minimum Gasteiger partial charge on any atom is -0.466 e. The lowest BCUT2D eigenvalue weighted by Crippen LogP contribution is -2.57. The van der Waals surface area contributed by atoms with E-state index in [9.17, 15) is 9.90 Å². The summed E-state index contributed by atoms with van der Waals surface area (Å²) in [5, 5.41) is 13.4. The molecule has 0 amide bonds. The van der Waals surface area contributed by atoms with E-state index in [-0.39, 0.29) is 35.7 Å². The molecule has 0 aromatic heterocycles. The van der Waals surface area contributed by atoms with Crippen molar-refractivity contribution < 1.29 is 14.6 Å². The van der Waals surface area contributed by atoms with Crippen molar-refractivity contribution in [3.05, 3.63) is 41.1 Å². The van der Waals surface area contributed by atoms with Crippen molar-refractivity contribution in [1.82, 2.24) is 4.90 Å². The molecule has 138 valence electrons. The van der Waals surface area contributed by atoms with Gasteiger partial charge >= 0.3 is 5.97 Å². The van der Waals surface area contributed by atoms with Crippen LogP contribution in [0.2, 0.25) is 0 Å². The summed E-state index contributed by atoms with van der Waals surface area (Å²) in [5.74, 6) is 0.380. The predicted octanol–water partition coefficient (Wildman–Crippen LogP) is 2.13. The number of carbonyl (C=O) groups is 1. The predicted molar refractivity (Wildman–Crippen MR) is 98.6 cm³/mol. The summed E-state index contributed by atoms with van der Waals surface area (Å²) in [5.41, 5.74) is 4.25. The number of hydrogen-bond acceptors (Lipinski definition) is 5. The number of anilines is 1. The maximum Gasteiger partial charge on any atom is 0.335 e. The fourth-order valence-electron chi connectivity index (χ4n) is 6.20. The molecular weight excluding hydrogens is 328 g/mol. The van der Waals surface area contributed by atoms with E-state index in [2.05, 4.69) is 35.3 Å². The zero-order valence-electron chi connectivity index (χ0n) is 15.4. The number of nitrogens with zero attached hydrogens (tertiary/aromatic N) is 1. The average Bonchev–Trinajstić information content (AvgIpc) is 3.23. The molecule has 3 aliphatic heterocycles. The monoisotopic (exact) mass is 354 g/mol. The van der Waals surface area contributed by atoms with Gasteiger partial charge in [0.25, 0.3) is 0 Å². The number of para-hydroxylation sites is 1. The van der Waals surface area contributed by atoms with Crippen LogP contribution in [0.4, 0.5) is 5.69 Å². The van der Waals surface area contributed by atoms with E-state index in [0.717, 1.165) is 42.9 Å². The summed E-state index contributed by atoms with van der Waals surface area (Å²) in [7, 11) is 1.48. The molecule has 0 saturated carbocycles. The third-order valence-corrected chi connectivity index (χ3v) is 7.42. The lowest BCUT2D eigenvalue weighted by molar-refractivity contribution is -0.138. The van der Waals surface area contributed by atoms with Gasteiger partial charge in [-0.25, -0.2) is 4.79 Å². The Morgan fingerprint density at radius 1 is 1.46 bits per heavy atom. The Hall–Kier alpha value is -1.85. The SMILES string of the molecule is COC(=O)C1=C2Nc3ccccc3[C@]23CCN2C[C@H]([C@@H](C)CO)[C@@H]1C[C@H]23. The largest absolute Gasteiger partial charge is 0.466 e. The van der Waals surface area contributed by atoms with Crippen molar-refractivity contribution in [1.29, 1.82) is 0 Å². The van der Waals surface area contributed by atoms with Gasteiger partial charge in [0.05, 0.1) is 18.1 Å². The van der Waals surface area contributed by atoms with Crippen LogP contribution in [0.5, 0.6) is 0 Å². The number of rotatable bonds is 3. The number of esters is 1. The Morgan fingerprint density at radius 2 is 2.27 bits per heavy atom. The first-order valence-corrected chi connectivity index (χ1v) is 9.66. The number of hydrogen-bond donors (Lipinski definition) is 2. The number of benzene rings is 1. The van der Waals surface area contributed by atoms with E-state index in [1.807, 2.05) is 6.07 Å². The number of piperidine rings is 1. The highest BCUT2D eigenvalue weighted by atomic mass is 16.5. The molecule has 3 heterocycles. The van der Waals surface area contributed by atoms with Gasteiger partial charge in [-0.3, -0.25) is 4.90 Å². The molecule has 2 saturated heterocycles. The number of carbonyl (C=O) groups excluding carboxylic acids is 1. The van der Waals surface area contributed by atoms with Gasteiger partial charge in [-0.05, 0) is 48.8 Å². The van der Waals surface area contributed by atoms with E-state index < -0.39 is 0 Å². The van der Waals surface area contributed by atoms with Gasteiger partial charge in [0.15, 0.2) is 0 Å². The van der Waals surface area contributed by atoms with Gasteiger partial charge in [-0.2, -0.15) is 0 Å². The van der Waals surface area contributed by atoms with Crippen LogP contribution < -0.4 is 5.32 Å². The number of fused-ring (bicyclic) bond motifs is 2. The van der Waals surface area contributed by atoms with Gasteiger partial charge in [-0.15, -0.1) is 0 Å². The molecule has 2 N–H and O–H groups in total. The fourth-order valence-corrected chi connectivity index (χ4v) is 6.20. The molecule has 5 atom stereocenters. The number of nitrogens with one attached hydrogen (secondary N) is 1. The Morgan fingerprint density at radius 3 is 3.04 bits per heavy atom. The molecule has 26 heavy (non-hydrogen) atoms. The van der Waals surface area contributed by atoms with Gasteiger partial charge in [0, 0.05) is 30.6 Å². The standard InChI is InChI=1S/C21H26N2O3/c1-12(11-24)14-10-23-8-7-21-15-5-3-4-6-16(15)22-19(21)18(20(25)26-2)13(14)9-17(21)23/h3-6,12-14,17,22,24H,7-11H2,1-2H3/t12-,13-,14+,17-,21-/m0/s1. The lowest BCUT2D eigenvalue weighted by atomic mass is 9.59. The number of ether oxygens (including phenoxy) is 1. The fraction of sp³-hybridized carbons (Fsp3) is 0.571. The maximum atomic E-state index is 12.9. The van der Waals surface area contributed by atoms with Crippen molar-refractivity contribution >= 4 is 11.7 Å². The van der Waals surface area contributed by atoms with Crippen molar-refractivity contribution in [2.45, 2.75) is 31.2 Å². The molecule has 2 bridgehead atoms. The van der Waals surface area contributed by atoms with Gasteiger partial charge in [-0.1, -0.05) is 25.1 Å². The van der Waals surface area contributed by atoms with Gasteiger partial charge in [0.1, 0.15) is 0 Å². The zero-order valence-corrected chi connectivity index (χ0v) is 15.4. The Kier molecular flexibility index (Phi) is 3.50. The van der Waals surface area contributed by atoms with E-state index in [4.69, 9.17) is 4.74 Å². The van der Waals surface area contributed by atoms with Gasteiger partial charge in [0.2, 0.25) is 0 Å². The zero-order chi connectivity index (χ0) is 18.1. The molecule has 5 rings (SSSR count). The van der Waals surface area contributed by atoms with Crippen molar-refractivity contribution in [2.75, 3.05) is 32.1 Å². The Bertz CT molecular complexity index is 804. The minimum atomic E-state index is -0.210. The van der Waals surface area contributed by atoms with Crippen LogP contribution in [0.15, 0.2) is 35.5 Å². The number of methoxy groups -OCH3 is 1. The summed E-state index contributed by atoms with van der Waals surface area (Å²) in [6.45, 7) is 4.25. The van der Waals surface area contributed by atoms with E-state index in [1.165, 1.54) is 12.7 Å². The molecule has 5 heteroatoms. The van der Waals surface area contributed by atoms with Crippen molar-refractivity contribution in [3.63, 3.8) is 0 Å². The minimum absolute atomic E-state index is 0.107. The molecule has 1 spiro atoms. The lowest BCUT2D eigenvalue weighted by Gasteiger charge is -2.51. The second-order valence-electron chi connectivity index (χ2n) is 8.35. The van der Waals surface area contributed by atoms with Crippen LogP contribution in [0.3, 0.4) is 0 Å². The summed E-state index contributed by atoms with van der Waals surface area (Å²) >= 11 is 0. The highest BCUT2D eigenvalue weighted by Gasteiger charge is 2.63. The summed E-state index contributed by atoms with van der Waals surface area (Å²) in [6.07, 6.45) is 2.00. The van der Waals surface area contributed by atoms with Crippen LogP contribution in [0.25, 0.3) is 0 Å². The van der Waals surface area contributed by atoms with Gasteiger partial charge < -0.3 is 15.2 Å². The molecule has 1 aliphatic carbocycles. The summed E-state index contributed by atoms with van der Waals surface area (Å²) < 4.78 is 5.24. The highest BCUT2D eigenvalue weighted by Crippen LogP contribution is 2.61. The highest BCUT2D eigenvalue weighted by molar-refractivity contribution is 5.93. The number of aliphatic hydroxyl groups is 1. The van der Waals surface area contributed by atoms with E-state index in [0.29, 0.717) is 6.04 Å². The molecule has 5 nitrogen and oxygen atoms in total. The van der Waals surface area contributed by atoms with E-state index >= 15 is 0 Å². The second-order valence-corrected chi connectivity index (χ2v) is 8.35. The second kappa shape index (κ2) is 5.57. The molecule has 4 aliphatic rings. The first kappa shape index (κ1) is 16.3. The van der Waals surface area contributed by atoms with E-state index in [1.54, 1.807) is 0 Å². The first-order valence-electron chi connectivity index (χ1n) is 9.66. The molecular formula is C21H26N2O3. The Balaban J connectivity index is 1.75. The quantitative estimate of drug-likeness (QED) is 0.815. The van der Waals surface area contributed by atoms with Crippen LogP contribution >= 0.6 is 0 Å². The topological polar surface area (TPSA) is 61.8 Å². The average molecular weight is 354 g/mol. The normalized spacial score (nSPS) is 35.6. The smallest absolute Gasteiger partial charge is 0.335 e. The van der Waals surface area contributed by atoms with Crippen LogP contribution in [-0.2, 0) is 14.9 Å². The van der Waals surface area contributed by atoms with Crippen molar-refractivity contribution in [3.8, 4) is 0 Å². The molecule has 1 aromatic carbocycles. The first-order chi connectivity index (χ1) is 12.6. The third kappa shape index (κ3) is 1.85. The number of aliphatic hydroxyl groups excluding tert-OH is 1. The van der Waals surface area contributed by atoms with Crippen LogP contribution in [0, 0.1) is 17.8 Å². The third-order valence-electron chi connectivity index (χ3n) is 7.42.